The van der Waals surface area contributed by atoms with Crippen molar-refractivity contribution < 1.29 is 21.6 Å². The van der Waals surface area contributed by atoms with Gasteiger partial charge in [0.05, 0.1) is 10.5 Å². The van der Waals surface area contributed by atoms with Crippen molar-refractivity contribution in [2.75, 3.05) is 26.7 Å². The number of nitrogens with zero attached hydrogens (tertiary/aromatic N) is 2. The van der Waals surface area contributed by atoms with E-state index < -0.39 is 21.8 Å². The van der Waals surface area contributed by atoms with Crippen molar-refractivity contribution in [3.05, 3.63) is 29.8 Å². The predicted octanol–water partition coefficient (Wildman–Crippen LogP) is 2.42. The van der Waals surface area contributed by atoms with E-state index >= 15 is 0 Å². The lowest BCUT2D eigenvalue weighted by molar-refractivity contribution is -0.137. The van der Waals surface area contributed by atoms with E-state index in [2.05, 4.69) is 4.90 Å². The van der Waals surface area contributed by atoms with E-state index in [0.29, 0.717) is 13.1 Å². The molecule has 0 aliphatic carbocycles. The minimum Gasteiger partial charge on any atom is -0.304 e. The monoisotopic (exact) mass is 348 g/mol. The van der Waals surface area contributed by atoms with Crippen LogP contribution in [0.2, 0.25) is 0 Å². The average Bonchev–Trinajstić information content (AvgIpc) is 2.75. The van der Waals surface area contributed by atoms with Crippen LogP contribution in [0.1, 0.15) is 18.4 Å². The van der Waals surface area contributed by atoms with Gasteiger partial charge in [-0.3, -0.25) is 0 Å². The number of hydrogen-bond donors (Lipinski definition) is 0. The van der Waals surface area contributed by atoms with Crippen molar-refractivity contribution in [3.8, 4) is 0 Å². The largest absolute Gasteiger partial charge is 0.416 e. The van der Waals surface area contributed by atoms with Crippen LogP contribution in [0, 0.1) is 5.92 Å². The number of hydrogen-bond acceptors (Lipinski definition) is 3. The molecule has 0 amide bonds. The summed E-state index contributed by atoms with van der Waals surface area (Å²) in [5.41, 5.74) is -0.839. The first-order valence-electron chi connectivity index (χ1n) is 7.55. The molecule has 0 unspecified atom stereocenters. The van der Waals surface area contributed by atoms with Crippen LogP contribution in [0.5, 0.6) is 0 Å². The van der Waals surface area contributed by atoms with Gasteiger partial charge in [-0.05, 0) is 50.1 Å². The zero-order valence-corrected chi connectivity index (χ0v) is 13.6. The lowest BCUT2D eigenvalue weighted by Gasteiger charge is -2.35. The van der Waals surface area contributed by atoms with Crippen LogP contribution in [0.15, 0.2) is 29.2 Å². The normalized spacial score (nSPS) is 27.1. The maximum Gasteiger partial charge on any atom is 0.416 e. The molecule has 3 aliphatic rings. The van der Waals surface area contributed by atoms with E-state index in [4.69, 9.17) is 0 Å². The molecular formula is C15H19F3N2O2S. The first-order chi connectivity index (χ1) is 10.7. The first-order valence-corrected chi connectivity index (χ1v) is 8.99. The zero-order valence-electron chi connectivity index (χ0n) is 12.8. The van der Waals surface area contributed by atoms with Crippen molar-refractivity contribution in [1.82, 2.24) is 9.21 Å². The number of benzene rings is 1. The molecule has 1 aromatic rings. The van der Waals surface area contributed by atoms with Crippen LogP contribution >= 0.6 is 0 Å². The average molecular weight is 348 g/mol. The summed E-state index contributed by atoms with van der Waals surface area (Å²) in [5.74, 6) is 0.281. The lowest BCUT2D eigenvalue weighted by Crippen LogP contribution is -2.47. The van der Waals surface area contributed by atoms with Crippen LogP contribution in [0.4, 0.5) is 13.2 Å². The van der Waals surface area contributed by atoms with Crippen molar-refractivity contribution in [1.29, 1.82) is 0 Å². The molecule has 3 heterocycles. The second kappa shape index (κ2) is 5.75. The molecule has 128 valence electrons. The minimum atomic E-state index is -4.47. The van der Waals surface area contributed by atoms with Gasteiger partial charge >= 0.3 is 6.18 Å². The van der Waals surface area contributed by atoms with E-state index in [9.17, 15) is 21.6 Å². The van der Waals surface area contributed by atoms with Crippen LogP contribution in [-0.4, -0.2) is 50.3 Å². The van der Waals surface area contributed by atoms with Gasteiger partial charge in [-0.25, -0.2) is 8.42 Å². The van der Waals surface area contributed by atoms with Gasteiger partial charge in [-0.15, -0.1) is 0 Å². The van der Waals surface area contributed by atoms with Gasteiger partial charge in [0.15, 0.2) is 0 Å². The molecule has 3 aliphatic heterocycles. The Labute approximate surface area is 133 Å². The third kappa shape index (κ3) is 3.25. The second-order valence-electron chi connectivity index (χ2n) is 6.42. The third-order valence-electron chi connectivity index (χ3n) is 4.63. The Morgan fingerprint density at radius 2 is 1.70 bits per heavy atom. The van der Waals surface area contributed by atoms with Gasteiger partial charge in [0.2, 0.25) is 10.0 Å². The Bertz CT molecular complexity index is 673. The molecule has 2 bridgehead atoms. The molecule has 0 spiro atoms. The number of sulfonamides is 1. The fourth-order valence-corrected chi connectivity index (χ4v) is 5.24. The van der Waals surface area contributed by atoms with Crippen molar-refractivity contribution in [2.24, 2.45) is 5.92 Å². The number of rotatable bonds is 2. The Kier molecular flexibility index (Phi) is 4.18. The lowest BCUT2D eigenvalue weighted by atomic mass is 9.97. The smallest absolute Gasteiger partial charge is 0.304 e. The summed E-state index contributed by atoms with van der Waals surface area (Å²) in [6.07, 6.45) is -2.67. The number of piperidine rings is 1. The topological polar surface area (TPSA) is 40.6 Å². The molecule has 8 heteroatoms. The Morgan fingerprint density at radius 1 is 1.04 bits per heavy atom. The zero-order chi connectivity index (χ0) is 16.8. The van der Waals surface area contributed by atoms with Crippen molar-refractivity contribution in [2.45, 2.75) is 30.0 Å². The highest BCUT2D eigenvalue weighted by molar-refractivity contribution is 7.89. The van der Waals surface area contributed by atoms with Gasteiger partial charge in [-0.1, -0.05) is 0 Å². The fraction of sp³-hybridized carbons (Fsp3) is 0.600. The van der Waals surface area contributed by atoms with Gasteiger partial charge < -0.3 is 4.90 Å². The molecule has 4 nitrogen and oxygen atoms in total. The molecule has 0 radical (unpaired) electrons. The number of likely N-dealkylation sites (N-methyl/N-ethyl adjacent to an activating group) is 1. The number of fused-ring (bicyclic) bond motifs is 4. The molecule has 3 fully saturated rings. The molecule has 0 N–H and O–H groups in total. The molecule has 23 heavy (non-hydrogen) atoms. The number of halogens is 3. The summed E-state index contributed by atoms with van der Waals surface area (Å²) < 4.78 is 65.0. The van der Waals surface area contributed by atoms with Crippen LogP contribution in [0.3, 0.4) is 0 Å². The van der Waals surface area contributed by atoms with E-state index in [1.54, 1.807) is 0 Å². The van der Waals surface area contributed by atoms with E-state index in [1.165, 1.54) is 4.31 Å². The predicted molar refractivity (Wildman–Crippen MR) is 79.3 cm³/mol. The molecule has 4 rings (SSSR count). The van der Waals surface area contributed by atoms with Gasteiger partial charge in [-0.2, -0.15) is 17.5 Å². The van der Waals surface area contributed by atoms with E-state index in [1.807, 2.05) is 7.05 Å². The first kappa shape index (κ1) is 16.7. The van der Waals surface area contributed by atoms with E-state index in [0.717, 1.165) is 43.7 Å². The Balaban J connectivity index is 1.89. The third-order valence-corrected chi connectivity index (χ3v) is 6.57. The van der Waals surface area contributed by atoms with Gasteiger partial charge in [0.1, 0.15) is 0 Å². The highest BCUT2D eigenvalue weighted by Crippen LogP contribution is 2.33. The summed E-state index contributed by atoms with van der Waals surface area (Å²) in [6.45, 7) is 1.96. The molecule has 0 aromatic heterocycles. The molecule has 1 aromatic carbocycles. The van der Waals surface area contributed by atoms with E-state index in [-0.39, 0.29) is 16.9 Å². The highest BCUT2D eigenvalue weighted by atomic mass is 32.2. The molecular weight excluding hydrogens is 329 g/mol. The quantitative estimate of drug-likeness (QED) is 0.824. The van der Waals surface area contributed by atoms with Crippen LogP contribution in [-0.2, 0) is 16.2 Å². The minimum absolute atomic E-state index is 0.0688. The molecule has 3 saturated heterocycles. The van der Waals surface area contributed by atoms with Gasteiger partial charge in [0.25, 0.3) is 0 Å². The van der Waals surface area contributed by atoms with Gasteiger partial charge in [0, 0.05) is 25.7 Å². The highest BCUT2D eigenvalue weighted by Gasteiger charge is 2.40. The summed E-state index contributed by atoms with van der Waals surface area (Å²) in [5, 5.41) is 0. The summed E-state index contributed by atoms with van der Waals surface area (Å²) in [7, 11) is -1.79. The summed E-state index contributed by atoms with van der Waals surface area (Å²) in [6, 6.07) is 3.66. The van der Waals surface area contributed by atoms with Crippen LogP contribution < -0.4 is 0 Å². The molecule has 2 atom stereocenters. The summed E-state index contributed by atoms with van der Waals surface area (Å²) >= 11 is 0. The second-order valence-corrected chi connectivity index (χ2v) is 8.31. The van der Waals surface area contributed by atoms with Crippen molar-refractivity contribution in [3.63, 3.8) is 0 Å². The standard InChI is InChI=1S/C15H19F3N2O2S/c1-19-8-11-2-5-13(10-19)20(9-11)23(21,22)14-6-3-12(4-7-14)15(16,17)18/h3-4,6-7,11,13H,2,5,8-10H2,1H3/t11-,13+/m1/s1. The fourth-order valence-electron chi connectivity index (χ4n) is 3.52. The Hall–Kier alpha value is -1.12. The maximum absolute atomic E-state index is 12.8. The van der Waals surface area contributed by atoms with Crippen molar-refractivity contribution >= 4 is 10.0 Å². The SMILES string of the molecule is CN1C[C@H]2CC[C@@H](C1)N(S(=O)(=O)c1ccc(C(F)(F)F)cc1)C2. The number of alkyl halides is 3. The summed E-state index contributed by atoms with van der Waals surface area (Å²) in [4.78, 5) is 2.06. The Morgan fingerprint density at radius 3 is 2.30 bits per heavy atom. The maximum atomic E-state index is 12.8. The van der Waals surface area contributed by atoms with Crippen LogP contribution in [0.25, 0.3) is 0 Å². The molecule has 0 saturated carbocycles.